The van der Waals surface area contributed by atoms with Crippen molar-refractivity contribution < 1.29 is 0 Å². The van der Waals surface area contributed by atoms with Gasteiger partial charge >= 0.3 is 31.4 Å². The first kappa shape index (κ1) is 17.0. The van der Waals surface area contributed by atoms with E-state index in [1.807, 2.05) is 0 Å². The van der Waals surface area contributed by atoms with E-state index in [4.69, 9.17) is 0 Å². The van der Waals surface area contributed by atoms with Crippen LogP contribution in [0.1, 0.15) is 14.9 Å². The summed E-state index contributed by atoms with van der Waals surface area (Å²) in [6.07, 6.45) is 0. The molecule has 0 aliphatic rings. The molecule has 0 aromatic rings. The molecule has 0 aliphatic carbocycles. The van der Waals surface area contributed by atoms with Gasteiger partial charge < -0.3 is 0 Å². The summed E-state index contributed by atoms with van der Waals surface area (Å²) in [5, 5.41) is 0. The van der Waals surface area contributed by atoms with E-state index >= 15 is 0 Å². The molecular formula is C4H15Sb. The van der Waals surface area contributed by atoms with Crippen molar-refractivity contribution in [2.45, 2.75) is 24.6 Å². The molecule has 0 fully saturated rings. The molecule has 0 unspecified atom stereocenters. The van der Waals surface area contributed by atoms with E-state index in [0.717, 1.165) is 0 Å². The van der Waals surface area contributed by atoms with Crippen molar-refractivity contribution in [1.29, 1.82) is 0 Å². The normalized spacial score (nSPS) is 3.60. The van der Waals surface area contributed by atoms with Gasteiger partial charge in [-0.3, -0.25) is 0 Å². The van der Waals surface area contributed by atoms with Gasteiger partial charge in [0.1, 0.15) is 0 Å². The van der Waals surface area contributed by atoms with E-state index in [1.54, 1.807) is 0 Å². The van der Waals surface area contributed by atoms with Gasteiger partial charge in [0.25, 0.3) is 0 Å². The topological polar surface area (TPSA) is 0 Å². The minimum absolute atomic E-state index is 0. The minimum atomic E-state index is 0. The van der Waals surface area contributed by atoms with Crippen LogP contribution in [0.25, 0.3) is 0 Å². The fourth-order valence-corrected chi connectivity index (χ4v) is 0. The molecule has 0 nitrogen and oxygen atoms in total. The van der Waals surface area contributed by atoms with Crippen LogP contribution >= 0.6 is 0 Å². The zero-order valence-electron chi connectivity index (χ0n) is 2.50. The summed E-state index contributed by atoms with van der Waals surface area (Å²) >= 11 is 0.230. The Balaban J connectivity index is -0.0000000200. The number of hydrogen-bond donors (Lipinski definition) is 0. The van der Waals surface area contributed by atoms with Gasteiger partial charge in [-0.25, -0.2) is 0 Å². The van der Waals surface area contributed by atoms with Gasteiger partial charge in [-0.05, 0) is 0 Å². The van der Waals surface area contributed by atoms with Crippen molar-refractivity contribution >= 4 is 21.6 Å². The summed E-state index contributed by atoms with van der Waals surface area (Å²) < 4.78 is 0. The molecule has 0 heterocycles. The molecule has 0 aliphatic heterocycles. The van der Waals surface area contributed by atoms with Crippen molar-refractivity contribution in [3.05, 3.63) is 0 Å². The van der Waals surface area contributed by atoms with E-state index in [0.29, 0.717) is 0 Å². The molecule has 0 saturated carbocycles. The van der Waals surface area contributed by atoms with Crippen LogP contribution in [0.5, 0.6) is 0 Å². The van der Waals surface area contributed by atoms with Gasteiger partial charge in [0.2, 0.25) is 0 Å². The fourth-order valence-electron chi connectivity index (χ4n) is 0. The fraction of sp³-hybridized carbons (Fsp3) is 1.00. The molecular weight excluding hydrogens is 170 g/mol. The predicted molar refractivity (Wildman–Crippen MR) is 32.3 cm³/mol. The van der Waals surface area contributed by atoms with Gasteiger partial charge in [0.15, 0.2) is 0 Å². The molecule has 0 spiro atoms. The molecule has 0 N–H and O–H groups in total. The van der Waals surface area contributed by atoms with Crippen molar-refractivity contribution in [3.63, 3.8) is 0 Å². The zero-order chi connectivity index (χ0) is 2.71. The molecule has 0 rings (SSSR count). The molecule has 0 radical (unpaired) electrons. The maximum absolute atomic E-state index is 2.30. The van der Waals surface area contributed by atoms with Crippen molar-refractivity contribution in [3.8, 4) is 0 Å². The Labute approximate surface area is 46.5 Å². The predicted octanol–water partition coefficient (Wildman–Crippen LogP) is 1.79. The second-order valence-electron chi connectivity index (χ2n) is 0.500. The molecule has 36 valence electrons. The van der Waals surface area contributed by atoms with Crippen LogP contribution in [0.3, 0.4) is 0 Å². The molecule has 0 amide bonds. The van der Waals surface area contributed by atoms with E-state index in [9.17, 15) is 0 Å². The Morgan fingerprint density at radius 3 is 1.00 bits per heavy atom. The first-order chi connectivity index (χ1) is 1.41. The van der Waals surface area contributed by atoms with Crippen LogP contribution < -0.4 is 0 Å². The summed E-state index contributed by atoms with van der Waals surface area (Å²) in [6.45, 7) is 0. The van der Waals surface area contributed by atoms with E-state index in [-0.39, 0.29) is 36.5 Å². The van der Waals surface area contributed by atoms with Crippen LogP contribution in [0.2, 0.25) is 9.74 Å². The Hall–Kier alpha value is 0.818. The Kier molecular flexibility index (Phi) is 72.3. The third-order valence-electron chi connectivity index (χ3n) is 0. The van der Waals surface area contributed by atoms with E-state index < -0.39 is 0 Å². The van der Waals surface area contributed by atoms with Gasteiger partial charge in [0, 0.05) is 0 Å². The van der Waals surface area contributed by atoms with E-state index in [1.165, 1.54) is 0 Å². The summed E-state index contributed by atoms with van der Waals surface area (Å²) in [5.74, 6) is 0. The molecule has 1 heteroatoms. The van der Waals surface area contributed by atoms with Crippen LogP contribution in [0.15, 0.2) is 0 Å². The van der Waals surface area contributed by atoms with Gasteiger partial charge in [-0.15, -0.1) is 0 Å². The van der Waals surface area contributed by atoms with Crippen LogP contribution in [0.4, 0.5) is 0 Å². The SMILES string of the molecule is C.C.[CH3][SbH][CH3]. The molecule has 0 aromatic heterocycles. The summed E-state index contributed by atoms with van der Waals surface area (Å²) in [6, 6.07) is 0. The van der Waals surface area contributed by atoms with Crippen LogP contribution in [-0.4, -0.2) is 21.6 Å². The molecule has 0 saturated heterocycles. The quantitative estimate of drug-likeness (QED) is 0.504. The molecule has 5 heavy (non-hydrogen) atoms. The van der Waals surface area contributed by atoms with Crippen molar-refractivity contribution in [2.75, 3.05) is 0 Å². The Morgan fingerprint density at radius 1 is 1.00 bits per heavy atom. The summed E-state index contributed by atoms with van der Waals surface area (Å²) in [7, 11) is 0. The monoisotopic (exact) mass is 184 g/mol. The first-order valence-electron chi connectivity index (χ1n) is 1.00. The Morgan fingerprint density at radius 2 is 1.00 bits per heavy atom. The maximum atomic E-state index is 2.30. The summed E-state index contributed by atoms with van der Waals surface area (Å²) in [5.41, 5.74) is 0. The summed E-state index contributed by atoms with van der Waals surface area (Å²) in [4.78, 5) is 4.59. The van der Waals surface area contributed by atoms with Crippen LogP contribution in [-0.2, 0) is 0 Å². The second kappa shape index (κ2) is 21.2. The molecule has 0 bridgehead atoms. The zero-order valence-corrected chi connectivity index (χ0v) is 5.35. The average molecular weight is 185 g/mol. The van der Waals surface area contributed by atoms with Gasteiger partial charge in [0.05, 0.1) is 0 Å². The standard InChI is InChI=1S/2CH4.2CH3.Sb.H/h2*1H4;2*1H3;;. The third kappa shape index (κ3) is 57.2. The third-order valence-corrected chi connectivity index (χ3v) is 0. The second-order valence-corrected chi connectivity index (χ2v) is 3.35. The van der Waals surface area contributed by atoms with Crippen LogP contribution in [0, 0.1) is 0 Å². The Bertz CT molecular complexity index is 3.61. The number of hydrogen-bond acceptors (Lipinski definition) is 0. The van der Waals surface area contributed by atoms with E-state index in [2.05, 4.69) is 9.74 Å². The molecule has 0 atom stereocenters. The number of rotatable bonds is 0. The van der Waals surface area contributed by atoms with Gasteiger partial charge in [-0.2, -0.15) is 0 Å². The average Bonchev–Trinajstić information content (AvgIpc) is 0.918. The first-order valence-corrected chi connectivity index (χ1v) is 6.71. The molecule has 0 aromatic carbocycles. The van der Waals surface area contributed by atoms with Crippen molar-refractivity contribution in [2.24, 2.45) is 0 Å². The van der Waals surface area contributed by atoms with Gasteiger partial charge in [-0.1, -0.05) is 14.9 Å². The van der Waals surface area contributed by atoms with Crippen molar-refractivity contribution in [1.82, 2.24) is 0 Å².